The van der Waals surface area contributed by atoms with Crippen LogP contribution < -0.4 is 5.32 Å². The van der Waals surface area contributed by atoms with Crippen LogP contribution in [0.25, 0.3) is 0 Å². The molecule has 122 valence electrons. The maximum Gasteiger partial charge on any atom is 0.228 e. The summed E-state index contributed by atoms with van der Waals surface area (Å²) in [6.45, 7) is 0.227. The van der Waals surface area contributed by atoms with Gasteiger partial charge in [-0.15, -0.1) is 0 Å². The Kier molecular flexibility index (Phi) is 4.96. The van der Waals surface area contributed by atoms with Gasteiger partial charge in [-0.2, -0.15) is 5.10 Å². The molecular formula is C17H19ClFN3O. The molecule has 0 spiro atoms. The van der Waals surface area contributed by atoms with E-state index in [2.05, 4.69) is 10.4 Å². The minimum absolute atomic E-state index is 0.0267. The number of halogens is 2. The van der Waals surface area contributed by atoms with Gasteiger partial charge in [-0.3, -0.25) is 9.48 Å². The fourth-order valence-electron chi connectivity index (χ4n) is 2.95. The quantitative estimate of drug-likeness (QED) is 0.908. The van der Waals surface area contributed by atoms with Crippen LogP contribution in [0.4, 0.5) is 10.2 Å². The molecule has 6 heteroatoms. The van der Waals surface area contributed by atoms with Crippen LogP contribution in [-0.2, 0) is 11.3 Å². The molecule has 1 aliphatic carbocycles. The van der Waals surface area contributed by atoms with Gasteiger partial charge in [-0.05, 0) is 25.0 Å². The van der Waals surface area contributed by atoms with Gasteiger partial charge in [0.15, 0.2) is 5.82 Å². The van der Waals surface area contributed by atoms with Gasteiger partial charge in [0.1, 0.15) is 5.82 Å². The molecule has 1 aliphatic rings. The Labute approximate surface area is 139 Å². The van der Waals surface area contributed by atoms with E-state index in [1.165, 1.54) is 12.5 Å². The van der Waals surface area contributed by atoms with E-state index in [0.717, 1.165) is 25.7 Å². The van der Waals surface area contributed by atoms with Gasteiger partial charge in [-0.25, -0.2) is 4.39 Å². The highest BCUT2D eigenvalue weighted by atomic mass is 35.5. The Morgan fingerprint density at radius 1 is 1.30 bits per heavy atom. The minimum Gasteiger partial charge on any atom is -0.309 e. The van der Waals surface area contributed by atoms with Crippen LogP contribution in [0.2, 0.25) is 5.02 Å². The zero-order valence-electron chi connectivity index (χ0n) is 12.8. The number of carbonyl (C=O) groups excluding carboxylic acids is 1. The molecule has 1 amide bonds. The molecule has 0 atom stereocenters. The Hall–Kier alpha value is -1.88. The van der Waals surface area contributed by atoms with Gasteiger partial charge in [0.25, 0.3) is 0 Å². The molecule has 1 aromatic carbocycles. The highest BCUT2D eigenvalue weighted by Gasteiger charge is 2.21. The standard InChI is InChI=1S/C17H19ClFN3O/c18-14-7-4-8-15(19)13(14)11-22-10-9-16(21-22)20-17(23)12-5-2-1-3-6-12/h4,7-10,12H,1-3,5-6,11H2,(H,20,21,23). The topological polar surface area (TPSA) is 46.9 Å². The molecule has 3 rings (SSSR count). The van der Waals surface area contributed by atoms with Crippen LogP contribution in [-0.4, -0.2) is 15.7 Å². The van der Waals surface area contributed by atoms with Gasteiger partial charge < -0.3 is 5.32 Å². The lowest BCUT2D eigenvalue weighted by Crippen LogP contribution is -2.25. The molecule has 1 saturated carbocycles. The molecule has 1 heterocycles. The fraction of sp³-hybridized carbons (Fsp3) is 0.412. The SMILES string of the molecule is O=C(Nc1ccn(Cc2c(F)cccc2Cl)n1)C1CCCCC1. The summed E-state index contributed by atoms with van der Waals surface area (Å²) in [6, 6.07) is 6.31. The second kappa shape index (κ2) is 7.13. The largest absolute Gasteiger partial charge is 0.309 e. The van der Waals surface area contributed by atoms with Crippen molar-refractivity contribution < 1.29 is 9.18 Å². The zero-order chi connectivity index (χ0) is 16.2. The highest BCUT2D eigenvalue weighted by molar-refractivity contribution is 6.31. The summed E-state index contributed by atoms with van der Waals surface area (Å²) in [5.41, 5.74) is 0.391. The van der Waals surface area contributed by atoms with Crippen molar-refractivity contribution in [2.45, 2.75) is 38.6 Å². The van der Waals surface area contributed by atoms with Crippen LogP contribution in [0.15, 0.2) is 30.5 Å². The summed E-state index contributed by atoms with van der Waals surface area (Å²) < 4.78 is 15.4. The average Bonchev–Trinajstić information content (AvgIpc) is 2.99. The summed E-state index contributed by atoms with van der Waals surface area (Å²) in [4.78, 5) is 12.2. The molecule has 1 fully saturated rings. The smallest absolute Gasteiger partial charge is 0.228 e. The maximum atomic E-state index is 13.8. The van der Waals surface area contributed by atoms with E-state index in [0.29, 0.717) is 16.4 Å². The first kappa shape index (κ1) is 16.0. The van der Waals surface area contributed by atoms with Crippen molar-refractivity contribution in [3.63, 3.8) is 0 Å². The first-order valence-corrected chi connectivity index (χ1v) is 8.28. The van der Waals surface area contributed by atoms with E-state index in [1.54, 1.807) is 29.1 Å². The van der Waals surface area contributed by atoms with Crippen molar-refractivity contribution in [1.29, 1.82) is 0 Å². The number of carbonyl (C=O) groups is 1. The minimum atomic E-state index is -0.360. The molecule has 1 N–H and O–H groups in total. The van der Waals surface area contributed by atoms with E-state index in [9.17, 15) is 9.18 Å². The van der Waals surface area contributed by atoms with Crippen LogP contribution in [0, 0.1) is 11.7 Å². The third-order valence-electron chi connectivity index (χ3n) is 4.25. The molecular weight excluding hydrogens is 317 g/mol. The summed E-state index contributed by atoms with van der Waals surface area (Å²) in [5.74, 6) is 0.239. The lowest BCUT2D eigenvalue weighted by atomic mass is 9.89. The Morgan fingerprint density at radius 3 is 2.83 bits per heavy atom. The summed E-state index contributed by atoms with van der Waals surface area (Å²) in [5, 5.41) is 7.50. The molecule has 0 bridgehead atoms. The molecule has 0 saturated heterocycles. The number of nitrogens with one attached hydrogen (secondary N) is 1. The lowest BCUT2D eigenvalue weighted by Gasteiger charge is -2.19. The molecule has 4 nitrogen and oxygen atoms in total. The Morgan fingerprint density at radius 2 is 2.09 bits per heavy atom. The second-order valence-corrected chi connectivity index (χ2v) is 6.33. The first-order valence-electron chi connectivity index (χ1n) is 7.90. The van der Waals surface area contributed by atoms with E-state index in [4.69, 9.17) is 11.6 Å². The summed E-state index contributed by atoms with van der Waals surface area (Å²) in [6.07, 6.45) is 7.02. The van der Waals surface area contributed by atoms with Crippen LogP contribution in [0.3, 0.4) is 0 Å². The molecule has 0 radical (unpaired) electrons. The Balaban J connectivity index is 1.65. The summed E-state index contributed by atoms with van der Waals surface area (Å²) >= 11 is 6.02. The van der Waals surface area contributed by atoms with E-state index in [-0.39, 0.29) is 24.2 Å². The van der Waals surface area contributed by atoms with Crippen molar-refractivity contribution in [2.24, 2.45) is 5.92 Å². The van der Waals surface area contributed by atoms with Crippen LogP contribution >= 0.6 is 11.6 Å². The van der Waals surface area contributed by atoms with E-state index in [1.807, 2.05) is 0 Å². The third kappa shape index (κ3) is 3.91. The number of anilines is 1. The number of hydrogen-bond donors (Lipinski definition) is 1. The van der Waals surface area contributed by atoms with Crippen molar-refractivity contribution in [1.82, 2.24) is 9.78 Å². The van der Waals surface area contributed by atoms with Crippen molar-refractivity contribution in [3.8, 4) is 0 Å². The monoisotopic (exact) mass is 335 g/mol. The Bertz CT molecular complexity index is 675. The number of benzene rings is 1. The number of nitrogens with zero attached hydrogens (tertiary/aromatic N) is 2. The second-order valence-electron chi connectivity index (χ2n) is 5.92. The molecule has 1 aromatic heterocycles. The van der Waals surface area contributed by atoms with Gasteiger partial charge in [0.2, 0.25) is 5.91 Å². The van der Waals surface area contributed by atoms with E-state index >= 15 is 0 Å². The normalized spacial score (nSPS) is 15.6. The van der Waals surface area contributed by atoms with Crippen LogP contribution in [0.5, 0.6) is 0 Å². The molecule has 0 aliphatic heterocycles. The first-order chi connectivity index (χ1) is 11.1. The third-order valence-corrected chi connectivity index (χ3v) is 4.60. The zero-order valence-corrected chi connectivity index (χ0v) is 13.5. The molecule has 0 unspecified atom stereocenters. The lowest BCUT2D eigenvalue weighted by molar-refractivity contribution is -0.120. The summed E-state index contributed by atoms with van der Waals surface area (Å²) in [7, 11) is 0. The van der Waals surface area contributed by atoms with Gasteiger partial charge >= 0.3 is 0 Å². The van der Waals surface area contributed by atoms with E-state index < -0.39 is 0 Å². The average molecular weight is 336 g/mol. The van der Waals surface area contributed by atoms with Gasteiger partial charge in [0.05, 0.1) is 6.54 Å². The number of hydrogen-bond acceptors (Lipinski definition) is 2. The molecule has 2 aromatic rings. The number of rotatable bonds is 4. The number of amides is 1. The van der Waals surface area contributed by atoms with Gasteiger partial charge in [0, 0.05) is 28.8 Å². The predicted molar refractivity (Wildman–Crippen MR) is 87.9 cm³/mol. The van der Waals surface area contributed by atoms with Crippen LogP contribution in [0.1, 0.15) is 37.7 Å². The van der Waals surface area contributed by atoms with Crippen molar-refractivity contribution in [2.75, 3.05) is 5.32 Å². The maximum absolute atomic E-state index is 13.8. The van der Waals surface area contributed by atoms with Crippen molar-refractivity contribution in [3.05, 3.63) is 46.9 Å². The fourth-order valence-corrected chi connectivity index (χ4v) is 3.18. The number of aromatic nitrogens is 2. The van der Waals surface area contributed by atoms with Gasteiger partial charge in [-0.1, -0.05) is 36.9 Å². The highest BCUT2D eigenvalue weighted by Crippen LogP contribution is 2.25. The molecule has 23 heavy (non-hydrogen) atoms. The van der Waals surface area contributed by atoms with Crippen molar-refractivity contribution >= 4 is 23.3 Å². The predicted octanol–water partition coefficient (Wildman–Crippen LogP) is 4.24.